The minimum absolute atomic E-state index is 0.0211. The van der Waals surface area contributed by atoms with Crippen LogP contribution in [0.25, 0.3) is 5.95 Å². The number of amides is 1. The van der Waals surface area contributed by atoms with Crippen LogP contribution in [0.5, 0.6) is 0 Å². The first-order valence-electron chi connectivity index (χ1n) is 10.5. The van der Waals surface area contributed by atoms with Crippen LogP contribution in [0.4, 0.5) is 5.82 Å². The Morgan fingerprint density at radius 2 is 2.26 bits per heavy atom. The fraction of sp³-hybridized carbons (Fsp3) is 0.429. The van der Waals surface area contributed by atoms with Gasteiger partial charge in [-0.15, -0.1) is 0 Å². The predicted molar refractivity (Wildman–Crippen MR) is 117 cm³/mol. The van der Waals surface area contributed by atoms with Crippen LogP contribution in [0.1, 0.15) is 25.5 Å². The SMILES string of the molecule is CCCCN1CCN(c2cc(Cl)nc(-n3ccnc3)n2)CC1C(=O)NCc1ccco1. The van der Waals surface area contributed by atoms with Gasteiger partial charge in [0.2, 0.25) is 11.9 Å². The van der Waals surface area contributed by atoms with Crippen LogP contribution in [0.15, 0.2) is 47.6 Å². The van der Waals surface area contributed by atoms with Crippen LogP contribution >= 0.6 is 11.6 Å². The van der Waals surface area contributed by atoms with Crippen LogP contribution in [-0.4, -0.2) is 62.5 Å². The average molecular weight is 444 g/mol. The Morgan fingerprint density at radius 3 is 3.00 bits per heavy atom. The number of piperazine rings is 1. The number of carbonyl (C=O) groups excluding carboxylic acids is 1. The summed E-state index contributed by atoms with van der Waals surface area (Å²) < 4.78 is 7.05. The molecule has 3 aromatic heterocycles. The summed E-state index contributed by atoms with van der Waals surface area (Å²) in [5, 5.41) is 3.35. The van der Waals surface area contributed by atoms with E-state index in [9.17, 15) is 4.79 Å². The Balaban J connectivity index is 1.51. The molecule has 4 heterocycles. The number of aromatic nitrogens is 4. The Bertz CT molecular complexity index is 978. The third kappa shape index (κ3) is 5.23. The average Bonchev–Trinajstić information content (AvgIpc) is 3.50. The number of nitrogens with one attached hydrogen (secondary N) is 1. The van der Waals surface area contributed by atoms with Crippen molar-refractivity contribution in [2.45, 2.75) is 32.4 Å². The van der Waals surface area contributed by atoms with Crippen LogP contribution < -0.4 is 10.2 Å². The largest absolute Gasteiger partial charge is 0.467 e. The number of imidazole rings is 1. The van der Waals surface area contributed by atoms with Crippen LogP contribution in [0, 0.1) is 0 Å². The van der Waals surface area contributed by atoms with Crippen molar-refractivity contribution in [1.82, 2.24) is 29.7 Å². The van der Waals surface area contributed by atoms with E-state index in [-0.39, 0.29) is 11.9 Å². The van der Waals surface area contributed by atoms with Gasteiger partial charge in [0, 0.05) is 38.1 Å². The van der Waals surface area contributed by atoms with E-state index in [2.05, 4.69) is 37.0 Å². The van der Waals surface area contributed by atoms with Crippen molar-refractivity contribution in [1.29, 1.82) is 0 Å². The minimum Gasteiger partial charge on any atom is -0.467 e. The van der Waals surface area contributed by atoms with Crippen molar-refractivity contribution in [2.75, 3.05) is 31.1 Å². The van der Waals surface area contributed by atoms with E-state index in [0.717, 1.165) is 38.2 Å². The van der Waals surface area contributed by atoms with Crippen molar-refractivity contribution in [3.63, 3.8) is 0 Å². The topological polar surface area (TPSA) is 92.3 Å². The van der Waals surface area contributed by atoms with Crippen molar-refractivity contribution >= 4 is 23.3 Å². The molecule has 1 aliphatic rings. The van der Waals surface area contributed by atoms with Gasteiger partial charge < -0.3 is 14.6 Å². The van der Waals surface area contributed by atoms with Gasteiger partial charge in [-0.2, -0.15) is 4.98 Å². The second-order valence-corrected chi connectivity index (χ2v) is 7.85. The van der Waals surface area contributed by atoms with Crippen LogP contribution in [0.2, 0.25) is 5.15 Å². The molecule has 9 nitrogen and oxygen atoms in total. The van der Waals surface area contributed by atoms with E-state index in [1.807, 2.05) is 12.1 Å². The van der Waals surface area contributed by atoms with Gasteiger partial charge in [-0.3, -0.25) is 14.3 Å². The Morgan fingerprint density at radius 1 is 1.35 bits per heavy atom. The molecule has 1 fully saturated rings. The number of nitrogens with zero attached hydrogens (tertiary/aromatic N) is 6. The first-order valence-corrected chi connectivity index (χ1v) is 10.8. The maximum absolute atomic E-state index is 13.1. The lowest BCUT2D eigenvalue weighted by molar-refractivity contribution is -0.127. The normalized spacial score (nSPS) is 17.1. The number of rotatable bonds is 8. The predicted octanol–water partition coefficient (Wildman–Crippen LogP) is 2.52. The molecular formula is C21H26ClN7O2. The fourth-order valence-electron chi connectivity index (χ4n) is 3.66. The van der Waals surface area contributed by atoms with E-state index >= 15 is 0 Å². The molecule has 10 heteroatoms. The van der Waals surface area contributed by atoms with Gasteiger partial charge in [0.05, 0.1) is 12.8 Å². The summed E-state index contributed by atoms with van der Waals surface area (Å²) in [7, 11) is 0. The minimum atomic E-state index is -0.291. The summed E-state index contributed by atoms with van der Waals surface area (Å²) in [5.74, 6) is 1.86. The van der Waals surface area contributed by atoms with Gasteiger partial charge >= 0.3 is 0 Å². The molecule has 0 aliphatic carbocycles. The summed E-state index contributed by atoms with van der Waals surface area (Å²) in [5.41, 5.74) is 0. The molecule has 1 saturated heterocycles. The molecule has 0 aromatic carbocycles. The fourth-order valence-corrected chi connectivity index (χ4v) is 3.83. The van der Waals surface area contributed by atoms with Crippen molar-refractivity contribution in [3.8, 4) is 5.95 Å². The van der Waals surface area contributed by atoms with E-state index in [1.165, 1.54) is 0 Å². The van der Waals surface area contributed by atoms with Crippen LogP contribution in [0.3, 0.4) is 0 Å². The summed E-state index contributed by atoms with van der Waals surface area (Å²) in [6.45, 7) is 5.44. The molecule has 0 spiro atoms. The zero-order chi connectivity index (χ0) is 21.6. The molecule has 3 aromatic rings. The molecule has 1 amide bonds. The highest BCUT2D eigenvalue weighted by atomic mass is 35.5. The van der Waals surface area contributed by atoms with E-state index < -0.39 is 0 Å². The summed E-state index contributed by atoms with van der Waals surface area (Å²) in [6.07, 6.45) is 8.79. The number of unbranched alkanes of at least 4 members (excludes halogenated alkanes) is 1. The molecule has 0 saturated carbocycles. The number of hydrogen-bond donors (Lipinski definition) is 1. The van der Waals surface area contributed by atoms with Gasteiger partial charge in [0.15, 0.2) is 0 Å². The number of hydrogen-bond acceptors (Lipinski definition) is 7. The third-order valence-corrected chi connectivity index (χ3v) is 5.53. The molecule has 31 heavy (non-hydrogen) atoms. The number of furan rings is 1. The van der Waals surface area contributed by atoms with E-state index in [1.54, 1.807) is 35.6 Å². The monoisotopic (exact) mass is 443 g/mol. The number of carbonyl (C=O) groups is 1. The van der Waals surface area contributed by atoms with E-state index in [4.69, 9.17) is 16.0 Å². The van der Waals surface area contributed by atoms with Crippen molar-refractivity contribution in [3.05, 3.63) is 54.1 Å². The highest BCUT2D eigenvalue weighted by Crippen LogP contribution is 2.22. The highest BCUT2D eigenvalue weighted by Gasteiger charge is 2.33. The zero-order valence-corrected chi connectivity index (χ0v) is 18.2. The lowest BCUT2D eigenvalue weighted by Crippen LogP contribution is -2.59. The molecule has 0 radical (unpaired) electrons. The summed E-state index contributed by atoms with van der Waals surface area (Å²) in [4.78, 5) is 30.4. The Hall–Kier alpha value is -2.91. The second-order valence-electron chi connectivity index (χ2n) is 7.47. The molecule has 1 aliphatic heterocycles. The standard InChI is InChI=1S/C21H26ClN7O2/c1-2-3-7-27-9-10-28(14-17(27)20(30)24-13-16-5-4-11-31-16)19-12-18(22)25-21(26-19)29-8-6-23-15-29/h4-6,8,11-12,15,17H,2-3,7,9-10,13-14H2,1H3,(H,24,30). The lowest BCUT2D eigenvalue weighted by atomic mass is 10.1. The maximum atomic E-state index is 13.1. The Labute approximate surface area is 186 Å². The van der Waals surface area contributed by atoms with Gasteiger partial charge in [-0.1, -0.05) is 24.9 Å². The van der Waals surface area contributed by atoms with E-state index in [0.29, 0.717) is 30.0 Å². The van der Waals surface area contributed by atoms with Gasteiger partial charge in [0.1, 0.15) is 29.1 Å². The maximum Gasteiger partial charge on any atom is 0.239 e. The van der Waals surface area contributed by atoms with Gasteiger partial charge in [-0.05, 0) is 25.1 Å². The molecular weight excluding hydrogens is 418 g/mol. The van der Waals surface area contributed by atoms with Crippen molar-refractivity contribution < 1.29 is 9.21 Å². The zero-order valence-electron chi connectivity index (χ0n) is 17.4. The first-order chi connectivity index (χ1) is 15.1. The summed E-state index contributed by atoms with van der Waals surface area (Å²) >= 11 is 6.28. The molecule has 0 bridgehead atoms. The molecule has 1 unspecified atom stereocenters. The highest BCUT2D eigenvalue weighted by molar-refractivity contribution is 6.29. The summed E-state index contributed by atoms with van der Waals surface area (Å²) in [6, 6.07) is 5.11. The lowest BCUT2D eigenvalue weighted by Gasteiger charge is -2.41. The number of anilines is 1. The molecule has 1 N–H and O–H groups in total. The first kappa shape index (κ1) is 21.3. The molecule has 164 valence electrons. The van der Waals surface area contributed by atoms with Crippen molar-refractivity contribution in [2.24, 2.45) is 0 Å². The number of halogens is 1. The smallest absolute Gasteiger partial charge is 0.239 e. The van der Waals surface area contributed by atoms with Gasteiger partial charge in [0.25, 0.3) is 0 Å². The molecule has 4 rings (SSSR count). The second kappa shape index (κ2) is 9.93. The Kier molecular flexibility index (Phi) is 6.83. The third-order valence-electron chi connectivity index (χ3n) is 5.34. The quantitative estimate of drug-likeness (QED) is 0.535. The van der Waals surface area contributed by atoms with Gasteiger partial charge in [-0.25, -0.2) is 9.97 Å². The van der Waals surface area contributed by atoms with Crippen LogP contribution in [-0.2, 0) is 11.3 Å². The molecule has 1 atom stereocenters.